The number of nitrogens with one attached hydrogen (secondary N) is 1. The average Bonchev–Trinajstić information content (AvgIpc) is 2.93. The molecule has 7 nitrogen and oxygen atoms in total. The van der Waals surface area contributed by atoms with Crippen molar-refractivity contribution in [3.63, 3.8) is 0 Å². The lowest BCUT2D eigenvalue weighted by Gasteiger charge is -2.07. The highest BCUT2D eigenvalue weighted by Crippen LogP contribution is 2.32. The normalized spacial score (nSPS) is 12.3. The molecule has 0 saturated carbocycles. The van der Waals surface area contributed by atoms with Crippen molar-refractivity contribution in [2.75, 3.05) is 6.54 Å². The number of nitrogens with zero attached hydrogens (tertiary/aromatic N) is 3. The molecular weight excluding hydrogens is 272 g/mol. The molecule has 0 aliphatic carbocycles. The number of aryl methyl sites for hydroxylation is 1. The second kappa shape index (κ2) is 6.45. The number of rotatable bonds is 6. The monoisotopic (exact) mass is 290 g/mol. The molecule has 7 heteroatoms. The van der Waals surface area contributed by atoms with Gasteiger partial charge in [-0.1, -0.05) is 19.1 Å². The third-order valence-corrected chi connectivity index (χ3v) is 3.17. The Morgan fingerprint density at radius 1 is 1.43 bits per heavy atom. The Hall–Kier alpha value is -2.28. The van der Waals surface area contributed by atoms with Crippen LogP contribution in [0.5, 0.6) is 0 Å². The largest absolute Gasteiger partial charge is 0.419 e. The summed E-state index contributed by atoms with van der Waals surface area (Å²) in [7, 11) is 0. The summed E-state index contributed by atoms with van der Waals surface area (Å²) in [6, 6.07) is 4.77. The Kier molecular flexibility index (Phi) is 4.64. The first-order valence-electron chi connectivity index (χ1n) is 6.85. The lowest BCUT2D eigenvalue weighted by molar-refractivity contribution is -0.384. The molecule has 1 atom stereocenters. The van der Waals surface area contributed by atoms with Crippen LogP contribution in [0.1, 0.15) is 37.8 Å². The molecule has 2 aromatic rings. The van der Waals surface area contributed by atoms with Crippen LogP contribution in [0.25, 0.3) is 11.5 Å². The number of hydrogen-bond acceptors (Lipinski definition) is 6. The Labute approximate surface area is 122 Å². The predicted molar refractivity (Wildman–Crippen MR) is 77.8 cm³/mol. The topological polar surface area (TPSA) is 94.1 Å². The van der Waals surface area contributed by atoms with Crippen molar-refractivity contribution in [3.8, 4) is 11.5 Å². The minimum absolute atomic E-state index is 0.0284. The maximum Gasteiger partial charge on any atom is 0.282 e. The van der Waals surface area contributed by atoms with Crippen molar-refractivity contribution in [1.29, 1.82) is 0 Å². The lowest BCUT2D eigenvalue weighted by Crippen LogP contribution is -2.19. The maximum absolute atomic E-state index is 11.1. The van der Waals surface area contributed by atoms with Crippen molar-refractivity contribution in [1.82, 2.24) is 15.5 Å². The van der Waals surface area contributed by atoms with Crippen LogP contribution >= 0.6 is 0 Å². The molecular formula is C14H18N4O3. The summed E-state index contributed by atoms with van der Waals surface area (Å²) in [4.78, 5) is 10.7. The molecule has 0 amide bonds. The second-order valence-corrected chi connectivity index (χ2v) is 4.85. The van der Waals surface area contributed by atoms with Crippen molar-refractivity contribution in [2.24, 2.45) is 0 Å². The lowest BCUT2D eigenvalue weighted by atomic mass is 10.1. The summed E-state index contributed by atoms with van der Waals surface area (Å²) in [5.41, 5.74) is 1.08. The van der Waals surface area contributed by atoms with Gasteiger partial charge < -0.3 is 9.73 Å². The van der Waals surface area contributed by atoms with Crippen LogP contribution in [-0.2, 0) is 0 Å². The van der Waals surface area contributed by atoms with Gasteiger partial charge in [0.2, 0.25) is 5.89 Å². The molecule has 1 N–H and O–H groups in total. The van der Waals surface area contributed by atoms with E-state index in [9.17, 15) is 10.1 Å². The van der Waals surface area contributed by atoms with E-state index in [4.69, 9.17) is 4.42 Å². The zero-order valence-corrected chi connectivity index (χ0v) is 12.3. The molecule has 1 heterocycles. The number of hydrogen-bond donors (Lipinski definition) is 1. The summed E-state index contributed by atoms with van der Waals surface area (Å²) in [6.45, 7) is 6.60. The molecule has 1 aromatic carbocycles. The highest BCUT2D eigenvalue weighted by Gasteiger charge is 2.23. The molecule has 1 aromatic heterocycles. The first kappa shape index (κ1) is 15.1. The van der Waals surface area contributed by atoms with E-state index in [1.165, 1.54) is 6.07 Å². The Balaban J connectivity index is 2.36. The van der Waals surface area contributed by atoms with Gasteiger partial charge in [0.1, 0.15) is 5.56 Å². The Morgan fingerprint density at radius 2 is 2.19 bits per heavy atom. The van der Waals surface area contributed by atoms with Gasteiger partial charge >= 0.3 is 0 Å². The van der Waals surface area contributed by atoms with E-state index in [-0.39, 0.29) is 17.6 Å². The second-order valence-electron chi connectivity index (χ2n) is 4.85. The molecule has 0 saturated heterocycles. The van der Waals surface area contributed by atoms with Crippen molar-refractivity contribution >= 4 is 5.69 Å². The van der Waals surface area contributed by atoms with Gasteiger partial charge in [-0.2, -0.15) is 0 Å². The van der Waals surface area contributed by atoms with Gasteiger partial charge in [-0.05, 0) is 32.4 Å². The van der Waals surface area contributed by atoms with Crippen LogP contribution in [0.15, 0.2) is 22.6 Å². The first-order valence-corrected chi connectivity index (χ1v) is 6.85. The van der Waals surface area contributed by atoms with Crippen LogP contribution in [0, 0.1) is 17.0 Å². The molecule has 0 radical (unpaired) electrons. The van der Waals surface area contributed by atoms with Gasteiger partial charge in [-0.15, -0.1) is 10.2 Å². The van der Waals surface area contributed by atoms with Crippen LogP contribution < -0.4 is 5.32 Å². The van der Waals surface area contributed by atoms with E-state index in [2.05, 4.69) is 22.4 Å². The smallest absolute Gasteiger partial charge is 0.282 e. The fraction of sp³-hybridized carbons (Fsp3) is 0.429. The van der Waals surface area contributed by atoms with E-state index in [1.54, 1.807) is 19.1 Å². The van der Waals surface area contributed by atoms with E-state index in [0.717, 1.165) is 18.5 Å². The van der Waals surface area contributed by atoms with Crippen LogP contribution in [-0.4, -0.2) is 21.7 Å². The zero-order valence-electron chi connectivity index (χ0n) is 12.3. The first-order chi connectivity index (χ1) is 10.0. The van der Waals surface area contributed by atoms with Crippen LogP contribution in [0.3, 0.4) is 0 Å². The molecule has 0 fully saturated rings. The molecule has 0 aliphatic heterocycles. The molecule has 0 aliphatic rings. The number of nitro groups is 1. The fourth-order valence-electron chi connectivity index (χ4n) is 2.04. The maximum atomic E-state index is 11.1. The van der Waals surface area contributed by atoms with Gasteiger partial charge in [-0.3, -0.25) is 10.1 Å². The number of aromatic nitrogens is 2. The van der Waals surface area contributed by atoms with Crippen LogP contribution in [0.2, 0.25) is 0 Å². The summed E-state index contributed by atoms with van der Waals surface area (Å²) in [6.07, 6.45) is 0.995. The SMILES string of the molecule is CCCNC(C)c1nnc(-c2c(C)cccc2[N+](=O)[O-])o1. The van der Waals surface area contributed by atoms with E-state index < -0.39 is 4.92 Å². The molecule has 0 spiro atoms. The average molecular weight is 290 g/mol. The number of nitro benzene ring substituents is 1. The van der Waals surface area contributed by atoms with Gasteiger partial charge in [0.15, 0.2) is 0 Å². The van der Waals surface area contributed by atoms with Gasteiger partial charge in [0.25, 0.3) is 11.6 Å². The van der Waals surface area contributed by atoms with Gasteiger partial charge in [0.05, 0.1) is 11.0 Å². The molecule has 0 bridgehead atoms. The third-order valence-electron chi connectivity index (χ3n) is 3.17. The van der Waals surface area contributed by atoms with Gasteiger partial charge in [0, 0.05) is 6.07 Å². The minimum Gasteiger partial charge on any atom is -0.419 e. The predicted octanol–water partition coefficient (Wildman–Crippen LogP) is 3.01. The summed E-state index contributed by atoms with van der Waals surface area (Å²) in [5, 5.41) is 22.3. The quantitative estimate of drug-likeness (QED) is 0.649. The zero-order chi connectivity index (χ0) is 15.4. The summed E-state index contributed by atoms with van der Waals surface area (Å²) in [5.74, 6) is 0.607. The fourth-order valence-corrected chi connectivity index (χ4v) is 2.04. The Morgan fingerprint density at radius 3 is 2.86 bits per heavy atom. The highest BCUT2D eigenvalue weighted by atomic mass is 16.6. The van der Waals surface area contributed by atoms with E-state index in [1.807, 2.05) is 6.92 Å². The summed E-state index contributed by atoms with van der Waals surface area (Å²) < 4.78 is 5.61. The third kappa shape index (κ3) is 3.25. The highest BCUT2D eigenvalue weighted by molar-refractivity contribution is 5.70. The van der Waals surface area contributed by atoms with E-state index in [0.29, 0.717) is 11.5 Å². The van der Waals surface area contributed by atoms with Crippen LogP contribution in [0.4, 0.5) is 5.69 Å². The standard InChI is InChI=1S/C14H18N4O3/c1-4-8-15-10(3)13-16-17-14(21-13)12-9(2)6-5-7-11(12)18(19)20/h5-7,10,15H,4,8H2,1-3H3. The molecule has 112 valence electrons. The van der Waals surface area contributed by atoms with Crippen molar-refractivity contribution in [2.45, 2.75) is 33.2 Å². The van der Waals surface area contributed by atoms with Crippen molar-refractivity contribution < 1.29 is 9.34 Å². The van der Waals surface area contributed by atoms with Crippen molar-refractivity contribution in [3.05, 3.63) is 39.8 Å². The molecule has 21 heavy (non-hydrogen) atoms. The van der Waals surface area contributed by atoms with Gasteiger partial charge in [-0.25, -0.2) is 0 Å². The molecule has 2 rings (SSSR count). The molecule has 1 unspecified atom stereocenters. The number of benzene rings is 1. The van der Waals surface area contributed by atoms with E-state index >= 15 is 0 Å². The Bertz CT molecular complexity index is 639. The summed E-state index contributed by atoms with van der Waals surface area (Å²) >= 11 is 0. The minimum atomic E-state index is -0.440.